The average Bonchev–Trinajstić information content (AvgIpc) is 2.36. The molecule has 0 aliphatic rings. The van der Waals surface area contributed by atoms with Crippen LogP contribution in [0.4, 0.5) is 5.69 Å². The Bertz CT molecular complexity index is 489. The topological polar surface area (TPSA) is 107 Å². The highest BCUT2D eigenvalue weighted by atomic mass is 16.5. The third-order valence-corrected chi connectivity index (χ3v) is 2.76. The first-order valence-electron chi connectivity index (χ1n) is 6.55. The molecule has 110 valence electrons. The van der Waals surface area contributed by atoms with Crippen LogP contribution in [0.3, 0.4) is 0 Å². The van der Waals surface area contributed by atoms with E-state index >= 15 is 0 Å². The molecule has 1 atom stereocenters. The Kier molecular flexibility index (Phi) is 5.83. The van der Waals surface area contributed by atoms with Crippen molar-refractivity contribution in [3.8, 4) is 5.75 Å². The van der Waals surface area contributed by atoms with E-state index in [1.165, 1.54) is 12.1 Å². The molecule has 0 saturated heterocycles. The molecule has 1 unspecified atom stereocenters. The maximum atomic E-state index is 11.7. The van der Waals surface area contributed by atoms with Gasteiger partial charge < -0.3 is 21.5 Å². The number of rotatable bonds is 7. The van der Waals surface area contributed by atoms with Gasteiger partial charge in [0.15, 0.2) is 6.61 Å². The molecule has 6 nitrogen and oxygen atoms in total. The van der Waals surface area contributed by atoms with Crippen molar-refractivity contribution in [3.63, 3.8) is 0 Å². The number of benzene rings is 1. The fourth-order valence-electron chi connectivity index (χ4n) is 1.83. The Morgan fingerprint density at radius 3 is 2.70 bits per heavy atom. The van der Waals surface area contributed by atoms with Gasteiger partial charge in [0.25, 0.3) is 11.8 Å². The molecule has 1 aromatic rings. The molecule has 0 spiro atoms. The second-order valence-corrected chi connectivity index (χ2v) is 4.67. The Morgan fingerprint density at radius 1 is 1.40 bits per heavy atom. The van der Waals surface area contributed by atoms with Gasteiger partial charge >= 0.3 is 0 Å². The lowest BCUT2D eigenvalue weighted by atomic mass is 10.1. The summed E-state index contributed by atoms with van der Waals surface area (Å²) >= 11 is 0. The van der Waals surface area contributed by atoms with Crippen molar-refractivity contribution in [2.45, 2.75) is 32.7 Å². The van der Waals surface area contributed by atoms with Crippen molar-refractivity contribution in [1.82, 2.24) is 5.32 Å². The molecule has 0 aliphatic heterocycles. The van der Waals surface area contributed by atoms with Crippen LogP contribution in [-0.4, -0.2) is 24.5 Å². The number of hydrogen-bond donors (Lipinski definition) is 3. The van der Waals surface area contributed by atoms with Crippen LogP contribution in [0.1, 0.15) is 37.0 Å². The highest BCUT2D eigenvalue weighted by molar-refractivity contribution is 5.96. The number of carbonyl (C=O) groups excluding carboxylic acids is 2. The number of nitrogens with two attached hydrogens (primary N) is 2. The van der Waals surface area contributed by atoms with E-state index < -0.39 is 5.91 Å². The smallest absolute Gasteiger partial charge is 0.258 e. The number of amides is 2. The third-order valence-electron chi connectivity index (χ3n) is 2.76. The fraction of sp³-hybridized carbons (Fsp3) is 0.429. The Morgan fingerprint density at radius 2 is 2.10 bits per heavy atom. The van der Waals surface area contributed by atoms with Crippen LogP contribution < -0.4 is 21.5 Å². The van der Waals surface area contributed by atoms with E-state index in [1.807, 2.05) is 13.8 Å². The summed E-state index contributed by atoms with van der Waals surface area (Å²) in [6.07, 6.45) is 1.89. The lowest BCUT2D eigenvalue weighted by Gasteiger charge is -2.14. The summed E-state index contributed by atoms with van der Waals surface area (Å²) in [6.45, 7) is 3.79. The molecule has 0 saturated carbocycles. The van der Waals surface area contributed by atoms with Crippen molar-refractivity contribution in [3.05, 3.63) is 23.8 Å². The number of nitrogen functional groups attached to an aromatic ring is 1. The van der Waals surface area contributed by atoms with Crippen molar-refractivity contribution < 1.29 is 14.3 Å². The Hall–Kier alpha value is -2.24. The predicted molar refractivity (Wildman–Crippen MR) is 77.4 cm³/mol. The van der Waals surface area contributed by atoms with Crippen LogP contribution in [0.5, 0.6) is 5.75 Å². The van der Waals surface area contributed by atoms with Crippen molar-refractivity contribution in [1.29, 1.82) is 0 Å². The number of anilines is 1. The van der Waals surface area contributed by atoms with Gasteiger partial charge in [-0.15, -0.1) is 0 Å². The minimum Gasteiger partial charge on any atom is -0.483 e. The summed E-state index contributed by atoms with van der Waals surface area (Å²) in [7, 11) is 0. The van der Waals surface area contributed by atoms with E-state index in [9.17, 15) is 9.59 Å². The Labute approximate surface area is 118 Å². The van der Waals surface area contributed by atoms with Crippen LogP contribution in [0, 0.1) is 0 Å². The monoisotopic (exact) mass is 279 g/mol. The second kappa shape index (κ2) is 7.37. The average molecular weight is 279 g/mol. The van der Waals surface area contributed by atoms with Gasteiger partial charge in [-0.05, 0) is 25.5 Å². The summed E-state index contributed by atoms with van der Waals surface area (Å²) in [4.78, 5) is 22.9. The van der Waals surface area contributed by atoms with E-state index in [0.717, 1.165) is 12.8 Å². The van der Waals surface area contributed by atoms with Crippen LogP contribution in [0.2, 0.25) is 0 Å². The predicted octanol–water partition coefficient (Wildman–Crippen LogP) is 1.05. The van der Waals surface area contributed by atoms with Gasteiger partial charge in [0, 0.05) is 17.8 Å². The van der Waals surface area contributed by atoms with E-state index in [-0.39, 0.29) is 29.9 Å². The minimum absolute atomic E-state index is 0.0903. The first-order valence-corrected chi connectivity index (χ1v) is 6.55. The summed E-state index contributed by atoms with van der Waals surface area (Å²) in [5, 5.41) is 2.80. The first-order chi connectivity index (χ1) is 9.43. The number of ether oxygens (including phenoxy) is 1. The largest absolute Gasteiger partial charge is 0.483 e. The van der Waals surface area contributed by atoms with Crippen molar-refractivity contribution in [2.24, 2.45) is 5.73 Å². The number of carbonyl (C=O) groups is 2. The van der Waals surface area contributed by atoms with Gasteiger partial charge in [-0.3, -0.25) is 9.59 Å². The lowest BCUT2D eigenvalue weighted by Crippen LogP contribution is -2.36. The first kappa shape index (κ1) is 15.8. The van der Waals surface area contributed by atoms with Gasteiger partial charge in [0.2, 0.25) is 0 Å². The van der Waals surface area contributed by atoms with Crippen LogP contribution >= 0.6 is 0 Å². The molecule has 1 rings (SSSR count). The van der Waals surface area contributed by atoms with Crippen LogP contribution in [0.25, 0.3) is 0 Å². The number of hydrogen-bond acceptors (Lipinski definition) is 4. The summed E-state index contributed by atoms with van der Waals surface area (Å²) in [5.74, 6) is -0.653. The fourth-order valence-corrected chi connectivity index (χ4v) is 1.83. The lowest BCUT2D eigenvalue weighted by molar-refractivity contribution is -0.123. The highest BCUT2D eigenvalue weighted by Gasteiger charge is 2.12. The molecule has 0 heterocycles. The number of nitrogens with one attached hydrogen (secondary N) is 1. The molecule has 0 aromatic heterocycles. The molecule has 0 radical (unpaired) electrons. The summed E-state index contributed by atoms with van der Waals surface area (Å²) in [5.41, 5.74) is 11.5. The zero-order chi connectivity index (χ0) is 15.1. The maximum Gasteiger partial charge on any atom is 0.258 e. The zero-order valence-corrected chi connectivity index (χ0v) is 11.8. The van der Waals surface area contributed by atoms with Gasteiger partial charge in [-0.25, -0.2) is 0 Å². The quantitative estimate of drug-likeness (QED) is 0.648. The van der Waals surface area contributed by atoms with Gasteiger partial charge in [0.1, 0.15) is 5.75 Å². The highest BCUT2D eigenvalue weighted by Crippen LogP contribution is 2.21. The van der Waals surface area contributed by atoms with Crippen molar-refractivity contribution >= 4 is 17.5 Å². The van der Waals surface area contributed by atoms with Gasteiger partial charge in [-0.1, -0.05) is 13.3 Å². The maximum absolute atomic E-state index is 11.7. The van der Waals surface area contributed by atoms with Crippen LogP contribution in [-0.2, 0) is 4.79 Å². The second-order valence-electron chi connectivity index (χ2n) is 4.67. The standard InChI is InChI=1S/C14H21N3O3/c1-3-4-9(2)17-13(18)8-20-12-7-10(15)5-6-11(12)14(16)19/h5-7,9H,3-4,8,15H2,1-2H3,(H2,16,19)(H,17,18). The normalized spacial score (nSPS) is 11.7. The molecular weight excluding hydrogens is 258 g/mol. The van der Waals surface area contributed by atoms with E-state index in [1.54, 1.807) is 6.07 Å². The number of primary amides is 1. The molecule has 0 bridgehead atoms. The molecule has 0 aliphatic carbocycles. The molecule has 1 aromatic carbocycles. The van der Waals surface area contributed by atoms with E-state index in [2.05, 4.69) is 5.32 Å². The SMILES string of the molecule is CCCC(C)NC(=O)COc1cc(N)ccc1C(N)=O. The van der Waals surface area contributed by atoms with E-state index in [4.69, 9.17) is 16.2 Å². The minimum atomic E-state index is -0.625. The molecule has 20 heavy (non-hydrogen) atoms. The van der Waals surface area contributed by atoms with Crippen molar-refractivity contribution in [2.75, 3.05) is 12.3 Å². The summed E-state index contributed by atoms with van der Waals surface area (Å²) in [6, 6.07) is 4.59. The molecule has 6 heteroatoms. The molecular formula is C14H21N3O3. The van der Waals surface area contributed by atoms with Gasteiger partial charge in [-0.2, -0.15) is 0 Å². The molecule has 2 amide bonds. The molecule has 0 fully saturated rings. The van der Waals surface area contributed by atoms with Gasteiger partial charge in [0.05, 0.1) is 5.56 Å². The Balaban J connectivity index is 2.63. The van der Waals surface area contributed by atoms with E-state index in [0.29, 0.717) is 5.69 Å². The third kappa shape index (κ3) is 4.79. The summed E-state index contributed by atoms with van der Waals surface area (Å²) < 4.78 is 5.33. The van der Waals surface area contributed by atoms with Crippen LogP contribution in [0.15, 0.2) is 18.2 Å². The zero-order valence-electron chi connectivity index (χ0n) is 11.8. The molecule has 5 N–H and O–H groups in total.